The van der Waals surface area contributed by atoms with Crippen LogP contribution in [-0.4, -0.2) is 34.5 Å². The Morgan fingerprint density at radius 2 is 1.88 bits per heavy atom. The maximum absolute atomic E-state index is 11.9. The van der Waals surface area contributed by atoms with Crippen LogP contribution in [0.1, 0.15) is 47.5 Å². The van der Waals surface area contributed by atoms with E-state index in [-0.39, 0.29) is 12.1 Å². The van der Waals surface area contributed by atoms with Crippen LogP contribution in [0.2, 0.25) is 0 Å². The van der Waals surface area contributed by atoms with Gasteiger partial charge in [-0.15, -0.1) is 0 Å². The van der Waals surface area contributed by atoms with Crippen molar-refractivity contribution in [2.24, 2.45) is 0 Å². The molecule has 0 aromatic heterocycles. The first-order valence-corrected chi connectivity index (χ1v) is 6.95. The van der Waals surface area contributed by atoms with Gasteiger partial charge >= 0.3 is 6.09 Å². The number of rotatable bonds is 5. The Morgan fingerprint density at radius 3 is 2.25 bits per heavy atom. The van der Waals surface area contributed by atoms with E-state index < -0.39 is 5.60 Å². The van der Waals surface area contributed by atoms with Crippen molar-refractivity contribution in [3.63, 3.8) is 0 Å². The minimum absolute atomic E-state index is 0.185. The third-order valence-corrected chi connectivity index (χ3v) is 2.59. The number of carbonyl (C=O) groups is 1. The molecule has 4 heteroatoms. The van der Waals surface area contributed by atoms with E-state index in [1.807, 2.05) is 34.6 Å². The molecule has 1 amide bonds. The molecule has 0 aliphatic rings. The first-order chi connectivity index (χ1) is 7.28. The van der Waals surface area contributed by atoms with E-state index in [9.17, 15) is 4.79 Å². The molecule has 3 nitrogen and oxygen atoms in total. The van der Waals surface area contributed by atoms with E-state index in [4.69, 9.17) is 4.74 Å². The van der Waals surface area contributed by atoms with Gasteiger partial charge in [-0.3, -0.25) is 0 Å². The molecule has 0 aromatic rings. The fraction of sp³-hybridized carbons (Fsp3) is 0.917. The van der Waals surface area contributed by atoms with Crippen molar-refractivity contribution < 1.29 is 9.53 Å². The highest BCUT2D eigenvalue weighted by atomic mass is 79.9. The zero-order valence-corrected chi connectivity index (χ0v) is 12.6. The highest BCUT2D eigenvalue weighted by Gasteiger charge is 2.23. The van der Waals surface area contributed by atoms with Gasteiger partial charge in [0.2, 0.25) is 0 Å². The number of amides is 1. The van der Waals surface area contributed by atoms with Gasteiger partial charge in [-0.25, -0.2) is 4.79 Å². The number of hydrogen-bond acceptors (Lipinski definition) is 2. The van der Waals surface area contributed by atoms with Gasteiger partial charge in [0.25, 0.3) is 0 Å². The Labute approximate surface area is 108 Å². The summed E-state index contributed by atoms with van der Waals surface area (Å²) in [4.78, 5) is 13.7. The summed E-state index contributed by atoms with van der Waals surface area (Å²) in [6.45, 7) is 10.5. The van der Waals surface area contributed by atoms with Crippen molar-refractivity contribution in [3.05, 3.63) is 0 Å². The summed E-state index contributed by atoms with van der Waals surface area (Å²) in [7, 11) is 0. The lowest BCUT2D eigenvalue weighted by molar-refractivity contribution is 0.0189. The number of unbranched alkanes of at least 4 members (excludes halogenated alkanes) is 1. The Bertz CT molecular complexity index is 212. The third kappa shape index (κ3) is 7.09. The Kier molecular flexibility index (Phi) is 7.04. The van der Waals surface area contributed by atoms with Crippen LogP contribution in [-0.2, 0) is 4.74 Å². The average Bonchev–Trinajstić information content (AvgIpc) is 2.08. The number of alkyl halides is 1. The second kappa shape index (κ2) is 7.15. The number of halogens is 1. The van der Waals surface area contributed by atoms with E-state index in [0.717, 1.165) is 24.7 Å². The summed E-state index contributed by atoms with van der Waals surface area (Å²) in [5.41, 5.74) is -0.417. The molecule has 0 fully saturated rings. The van der Waals surface area contributed by atoms with E-state index in [2.05, 4.69) is 15.9 Å². The fourth-order valence-corrected chi connectivity index (χ4v) is 1.65. The molecule has 0 saturated carbocycles. The maximum Gasteiger partial charge on any atom is 0.410 e. The fourth-order valence-electron chi connectivity index (χ4n) is 1.26. The van der Waals surface area contributed by atoms with Crippen molar-refractivity contribution in [1.29, 1.82) is 0 Å². The molecule has 0 aliphatic carbocycles. The molecule has 0 spiro atoms. The van der Waals surface area contributed by atoms with Crippen molar-refractivity contribution in [1.82, 2.24) is 4.90 Å². The molecule has 0 radical (unpaired) electrons. The molecule has 0 aliphatic heterocycles. The largest absolute Gasteiger partial charge is 0.444 e. The number of hydrogen-bond donors (Lipinski definition) is 0. The average molecular weight is 294 g/mol. The molecule has 0 rings (SSSR count). The SMILES string of the molecule is CC(C)N(CCCCBr)C(=O)OC(C)(C)C. The first kappa shape index (κ1) is 15.8. The Balaban J connectivity index is 4.25. The molecule has 0 bridgehead atoms. The monoisotopic (exact) mass is 293 g/mol. The standard InChI is InChI=1S/C12H24BrNO2/c1-10(2)14(9-7-6-8-13)11(15)16-12(3,4)5/h10H,6-9H2,1-5H3. The van der Waals surface area contributed by atoms with Gasteiger partial charge < -0.3 is 9.64 Å². The summed E-state index contributed by atoms with van der Waals surface area (Å²) in [5.74, 6) is 0. The minimum Gasteiger partial charge on any atom is -0.444 e. The molecule has 0 aromatic carbocycles. The second-order valence-electron chi connectivity index (χ2n) is 5.16. The van der Waals surface area contributed by atoms with Crippen LogP contribution in [0, 0.1) is 0 Å². The van der Waals surface area contributed by atoms with Crippen LogP contribution in [0.15, 0.2) is 0 Å². The minimum atomic E-state index is -0.417. The molecule has 0 unspecified atom stereocenters. The van der Waals surface area contributed by atoms with E-state index in [1.165, 1.54) is 0 Å². The van der Waals surface area contributed by atoms with Crippen molar-refractivity contribution >= 4 is 22.0 Å². The first-order valence-electron chi connectivity index (χ1n) is 5.83. The lowest BCUT2D eigenvalue weighted by Crippen LogP contribution is -2.41. The molecule has 0 saturated heterocycles. The zero-order valence-electron chi connectivity index (χ0n) is 11.0. The summed E-state index contributed by atoms with van der Waals surface area (Å²) in [6, 6.07) is 0.185. The highest BCUT2D eigenvalue weighted by Crippen LogP contribution is 2.12. The van der Waals surface area contributed by atoms with Gasteiger partial charge in [0.15, 0.2) is 0 Å². The molecule has 16 heavy (non-hydrogen) atoms. The predicted molar refractivity (Wildman–Crippen MR) is 71.1 cm³/mol. The molecule has 96 valence electrons. The zero-order chi connectivity index (χ0) is 12.8. The van der Waals surface area contributed by atoms with Crippen molar-refractivity contribution in [2.75, 3.05) is 11.9 Å². The Morgan fingerprint density at radius 1 is 1.31 bits per heavy atom. The lowest BCUT2D eigenvalue weighted by atomic mass is 10.2. The molecule has 0 heterocycles. The van der Waals surface area contributed by atoms with Crippen LogP contribution in [0.5, 0.6) is 0 Å². The van der Waals surface area contributed by atoms with Crippen LogP contribution < -0.4 is 0 Å². The van der Waals surface area contributed by atoms with Crippen LogP contribution in [0.3, 0.4) is 0 Å². The van der Waals surface area contributed by atoms with Gasteiger partial charge in [-0.2, -0.15) is 0 Å². The smallest absolute Gasteiger partial charge is 0.410 e. The maximum atomic E-state index is 11.9. The summed E-state index contributed by atoms with van der Waals surface area (Å²) < 4.78 is 5.37. The normalized spacial score (nSPS) is 11.7. The van der Waals surface area contributed by atoms with E-state index >= 15 is 0 Å². The van der Waals surface area contributed by atoms with E-state index in [0.29, 0.717) is 0 Å². The van der Waals surface area contributed by atoms with Crippen LogP contribution in [0.25, 0.3) is 0 Å². The Hall–Kier alpha value is -0.250. The predicted octanol–water partition coefficient (Wildman–Crippen LogP) is 3.81. The summed E-state index contributed by atoms with van der Waals surface area (Å²) >= 11 is 3.39. The van der Waals surface area contributed by atoms with Gasteiger partial charge in [0.1, 0.15) is 5.60 Å². The van der Waals surface area contributed by atoms with Gasteiger partial charge in [-0.05, 0) is 47.5 Å². The third-order valence-electron chi connectivity index (χ3n) is 2.03. The van der Waals surface area contributed by atoms with Crippen LogP contribution in [0.4, 0.5) is 4.79 Å². The summed E-state index contributed by atoms with van der Waals surface area (Å²) in [5, 5.41) is 0.979. The molecular formula is C12H24BrNO2. The molecule has 0 N–H and O–H groups in total. The number of nitrogens with zero attached hydrogens (tertiary/aromatic N) is 1. The van der Waals surface area contributed by atoms with Crippen molar-refractivity contribution in [3.8, 4) is 0 Å². The van der Waals surface area contributed by atoms with Gasteiger partial charge in [0, 0.05) is 17.9 Å². The van der Waals surface area contributed by atoms with Gasteiger partial charge in [0.05, 0.1) is 0 Å². The van der Waals surface area contributed by atoms with Gasteiger partial charge in [-0.1, -0.05) is 15.9 Å². The highest BCUT2D eigenvalue weighted by molar-refractivity contribution is 9.09. The lowest BCUT2D eigenvalue weighted by Gasteiger charge is -2.30. The summed E-state index contributed by atoms with van der Waals surface area (Å²) in [6.07, 6.45) is 1.87. The number of carbonyl (C=O) groups excluding carboxylic acids is 1. The molecule has 0 atom stereocenters. The van der Waals surface area contributed by atoms with Crippen molar-refractivity contribution in [2.45, 2.75) is 59.1 Å². The molecular weight excluding hydrogens is 270 g/mol. The second-order valence-corrected chi connectivity index (χ2v) is 5.96. The topological polar surface area (TPSA) is 29.5 Å². The quantitative estimate of drug-likeness (QED) is 0.570. The van der Waals surface area contributed by atoms with Crippen LogP contribution >= 0.6 is 15.9 Å². The number of ether oxygens (including phenoxy) is 1. The van der Waals surface area contributed by atoms with E-state index in [1.54, 1.807) is 4.90 Å².